The number of likely N-dealkylation sites (tertiary alicyclic amines) is 1. The van der Waals surface area contributed by atoms with Crippen molar-refractivity contribution in [1.29, 1.82) is 0 Å². The summed E-state index contributed by atoms with van der Waals surface area (Å²) in [4.78, 5) is 49.1. The minimum Gasteiger partial charge on any atom is -0.481 e. The van der Waals surface area contributed by atoms with Gasteiger partial charge in [0.15, 0.2) is 5.60 Å². The van der Waals surface area contributed by atoms with E-state index in [9.17, 15) is 19.2 Å². The maximum absolute atomic E-state index is 12.9. The van der Waals surface area contributed by atoms with E-state index in [-0.39, 0.29) is 5.91 Å². The molecule has 220 valence electrons. The molecule has 2 aromatic rings. The number of aryl methyl sites for hydroxylation is 1. The summed E-state index contributed by atoms with van der Waals surface area (Å²) in [5, 5.41) is 33.8. The number of anilines is 1. The van der Waals surface area contributed by atoms with E-state index < -0.39 is 36.4 Å². The van der Waals surface area contributed by atoms with E-state index in [1.807, 2.05) is 22.7 Å². The van der Waals surface area contributed by atoms with E-state index in [0.29, 0.717) is 11.8 Å². The topological polar surface area (TPSA) is 156 Å². The maximum Gasteiger partial charge on any atom is 0.336 e. The maximum atomic E-state index is 12.9. The van der Waals surface area contributed by atoms with Gasteiger partial charge in [-0.05, 0) is 67.4 Å². The van der Waals surface area contributed by atoms with Crippen LogP contribution in [0.1, 0.15) is 49.7 Å². The fourth-order valence-corrected chi connectivity index (χ4v) is 7.01. The minimum atomic E-state index is -2.74. The van der Waals surface area contributed by atoms with E-state index >= 15 is 0 Å². The molecule has 0 saturated carbocycles. The Morgan fingerprint density at radius 1 is 0.854 bits per heavy atom. The number of benzene rings is 2. The Balaban J connectivity index is 0.000000254. The molecule has 2 aromatic carbocycles. The number of nitrogens with zero attached hydrogens (tertiary/aromatic N) is 2. The van der Waals surface area contributed by atoms with E-state index in [1.54, 1.807) is 11.1 Å². The summed E-state index contributed by atoms with van der Waals surface area (Å²) in [5.74, 6) is -3.75. The molecular formula is C30H36N2O8S. The first-order chi connectivity index (χ1) is 19.5. The van der Waals surface area contributed by atoms with Crippen LogP contribution < -0.4 is 4.90 Å². The molecule has 5 rings (SSSR count). The normalized spacial score (nSPS) is 17.6. The van der Waals surface area contributed by atoms with Crippen LogP contribution in [0, 0.1) is 0 Å². The molecule has 11 heteroatoms. The number of piperidine rings is 1. The van der Waals surface area contributed by atoms with E-state index in [4.69, 9.17) is 20.4 Å². The van der Waals surface area contributed by atoms with E-state index in [2.05, 4.69) is 47.4 Å². The van der Waals surface area contributed by atoms with Crippen LogP contribution in [0.4, 0.5) is 5.69 Å². The molecule has 4 N–H and O–H groups in total. The standard InChI is InChI=1S/C24H28N2OS.C6H8O7/c27-23(26-17-18-28-22-8-4-3-7-21(22)26)10-14-25-15-12-24(13-16-25)11-9-19-5-1-2-6-20(19)24;7-3(8)1-6(13,5(11)12)2-4(9)10/h1-8H,9-18H2;13H,1-2H2,(H,7,8)(H,9,10)(H,11,12). The van der Waals surface area contributed by atoms with Gasteiger partial charge in [-0.25, -0.2) is 4.79 Å². The van der Waals surface area contributed by atoms with Gasteiger partial charge in [0.1, 0.15) is 0 Å². The minimum absolute atomic E-state index is 0.277. The smallest absolute Gasteiger partial charge is 0.336 e. The van der Waals surface area contributed by atoms with Crippen LogP contribution in [0.25, 0.3) is 0 Å². The average Bonchev–Trinajstić information content (AvgIpc) is 3.29. The Bertz CT molecular complexity index is 1270. The van der Waals surface area contributed by atoms with Gasteiger partial charge in [-0.1, -0.05) is 36.4 Å². The molecule has 1 amide bonds. The summed E-state index contributed by atoms with van der Waals surface area (Å²) in [7, 11) is 0. The van der Waals surface area contributed by atoms with Gasteiger partial charge in [0.25, 0.3) is 0 Å². The number of fused-ring (bicyclic) bond motifs is 3. The zero-order chi connectivity index (χ0) is 29.6. The Morgan fingerprint density at radius 3 is 2.15 bits per heavy atom. The molecule has 1 spiro atoms. The van der Waals surface area contributed by atoms with Gasteiger partial charge in [-0.3, -0.25) is 14.4 Å². The molecule has 0 bridgehead atoms. The highest BCUT2D eigenvalue weighted by Crippen LogP contribution is 2.46. The third-order valence-electron chi connectivity index (χ3n) is 8.23. The molecule has 10 nitrogen and oxygen atoms in total. The van der Waals surface area contributed by atoms with Gasteiger partial charge in [0, 0.05) is 30.2 Å². The number of hydrogen-bond acceptors (Lipinski definition) is 7. The average molecular weight is 585 g/mol. The third-order valence-corrected chi connectivity index (χ3v) is 9.27. The number of hydrogen-bond donors (Lipinski definition) is 4. The van der Waals surface area contributed by atoms with Gasteiger partial charge in [-0.2, -0.15) is 0 Å². The summed E-state index contributed by atoms with van der Waals surface area (Å²) in [6.45, 7) is 3.96. The second-order valence-electron chi connectivity index (χ2n) is 10.9. The molecule has 0 unspecified atom stereocenters. The van der Waals surface area contributed by atoms with Gasteiger partial charge < -0.3 is 30.2 Å². The highest BCUT2D eigenvalue weighted by molar-refractivity contribution is 7.99. The number of carboxylic acids is 3. The zero-order valence-electron chi connectivity index (χ0n) is 22.8. The van der Waals surface area contributed by atoms with Gasteiger partial charge in [0.05, 0.1) is 18.5 Å². The lowest BCUT2D eigenvalue weighted by Crippen LogP contribution is -2.43. The fraction of sp³-hybridized carbons (Fsp3) is 0.467. The highest BCUT2D eigenvalue weighted by atomic mass is 32.2. The van der Waals surface area contributed by atoms with Crippen LogP contribution in [0.5, 0.6) is 0 Å². The largest absolute Gasteiger partial charge is 0.481 e. The first kappa shape index (κ1) is 30.5. The Kier molecular flexibility index (Phi) is 9.72. The van der Waals surface area contributed by atoms with E-state index in [0.717, 1.165) is 37.6 Å². The second kappa shape index (κ2) is 13.1. The summed E-state index contributed by atoms with van der Waals surface area (Å²) in [6, 6.07) is 17.3. The molecule has 0 atom stereocenters. The van der Waals surface area contributed by atoms with Crippen molar-refractivity contribution in [1.82, 2.24) is 4.90 Å². The molecule has 0 aromatic heterocycles. The summed E-state index contributed by atoms with van der Waals surface area (Å²) < 4.78 is 0. The van der Waals surface area contributed by atoms with Crippen molar-refractivity contribution in [3.63, 3.8) is 0 Å². The number of carbonyl (C=O) groups is 4. The number of aliphatic carboxylic acids is 3. The lowest BCUT2D eigenvalue weighted by molar-refractivity contribution is -0.170. The van der Waals surface area contributed by atoms with Crippen LogP contribution in [0.2, 0.25) is 0 Å². The molecule has 1 aliphatic carbocycles. The summed E-state index contributed by atoms with van der Waals surface area (Å²) in [5.41, 5.74) is 1.93. The first-order valence-electron chi connectivity index (χ1n) is 13.8. The molecule has 1 saturated heterocycles. The van der Waals surface area contributed by atoms with Crippen LogP contribution >= 0.6 is 11.8 Å². The number of carbonyl (C=O) groups excluding carboxylic acids is 1. The van der Waals surface area contributed by atoms with Crippen molar-refractivity contribution in [3.05, 3.63) is 59.7 Å². The molecule has 2 heterocycles. The van der Waals surface area contributed by atoms with Gasteiger partial charge >= 0.3 is 17.9 Å². The van der Waals surface area contributed by atoms with Crippen molar-refractivity contribution in [2.24, 2.45) is 0 Å². The molecular weight excluding hydrogens is 548 g/mol. The molecule has 3 aliphatic rings. The van der Waals surface area contributed by atoms with Crippen molar-refractivity contribution < 1.29 is 39.6 Å². The van der Waals surface area contributed by atoms with Crippen LogP contribution in [-0.2, 0) is 31.0 Å². The molecule has 0 radical (unpaired) electrons. The monoisotopic (exact) mass is 584 g/mol. The lowest BCUT2D eigenvalue weighted by atomic mass is 9.74. The van der Waals surface area contributed by atoms with Crippen molar-refractivity contribution in [2.45, 2.75) is 60.9 Å². The van der Waals surface area contributed by atoms with Crippen molar-refractivity contribution >= 4 is 41.3 Å². The third kappa shape index (κ3) is 7.27. The number of thioether (sulfide) groups is 1. The van der Waals surface area contributed by atoms with Crippen LogP contribution in [-0.4, -0.2) is 86.7 Å². The van der Waals surface area contributed by atoms with Crippen LogP contribution in [0.15, 0.2) is 53.4 Å². The summed E-state index contributed by atoms with van der Waals surface area (Å²) >= 11 is 1.86. The van der Waals surface area contributed by atoms with Crippen molar-refractivity contribution in [3.8, 4) is 0 Å². The predicted molar refractivity (Wildman–Crippen MR) is 153 cm³/mol. The quantitative estimate of drug-likeness (QED) is 0.363. The van der Waals surface area contributed by atoms with E-state index in [1.165, 1.54) is 30.6 Å². The van der Waals surface area contributed by atoms with Crippen molar-refractivity contribution in [2.75, 3.05) is 36.8 Å². The molecule has 41 heavy (non-hydrogen) atoms. The lowest BCUT2D eigenvalue weighted by Gasteiger charge is -2.40. The fourth-order valence-electron chi connectivity index (χ4n) is 6.02. The SMILES string of the molecule is O=C(CCN1CCC2(CCc3ccccc32)CC1)N1CCSc2ccccc21.O=C(O)CC(O)(CC(=O)O)C(=O)O. The number of rotatable bonds is 8. The second-order valence-corrected chi connectivity index (χ2v) is 12.0. The number of aliphatic hydroxyl groups is 1. The van der Waals surface area contributed by atoms with Crippen LogP contribution in [0.3, 0.4) is 0 Å². The van der Waals surface area contributed by atoms with Gasteiger partial charge in [0.2, 0.25) is 5.91 Å². The molecule has 2 aliphatic heterocycles. The molecule has 1 fully saturated rings. The highest BCUT2D eigenvalue weighted by Gasteiger charge is 2.41. The Labute approximate surface area is 243 Å². The summed E-state index contributed by atoms with van der Waals surface area (Å²) in [6.07, 6.45) is 3.36. The Hall–Kier alpha value is -3.41. The zero-order valence-corrected chi connectivity index (χ0v) is 23.6. The van der Waals surface area contributed by atoms with Gasteiger partial charge in [-0.15, -0.1) is 11.8 Å². The number of carboxylic acid groups (broad SMARTS) is 3. The Morgan fingerprint density at radius 2 is 1.49 bits per heavy atom. The predicted octanol–water partition coefficient (Wildman–Crippen LogP) is 3.25. The number of para-hydroxylation sites is 1. The first-order valence-corrected chi connectivity index (χ1v) is 14.7. The number of amides is 1.